The normalized spacial score (nSPS) is 10.9. The van der Waals surface area contributed by atoms with E-state index in [0.717, 1.165) is 4.57 Å². The van der Waals surface area contributed by atoms with Crippen LogP contribution in [0.25, 0.3) is 50.2 Å². The van der Waals surface area contributed by atoms with E-state index in [1.165, 1.54) is 24.5 Å². The molecule has 572 valence electrons. The number of rotatable bonds is 5. The van der Waals surface area contributed by atoms with Crippen LogP contribution in [0.3, 0.4) is 0 Å². The summed E-state index contributed by atoms with van der Waals surface area (Å²) >= 11 is -1.50. The van der Waals surface area contributed by atoms with Crippen molar-refractivity contribution in [2.45, 2.75) is 0 Å². The summed E-state index contributed by atoms with van der Waals surface area (Å²) in [6.07, 6.45) is 2.36. The third-order valence-electron chi connectivity index (χ3n) is 12.7. The Bertz CT molecular complexity index is 4210. The molecule has 0 radical (unpaired) electrons. The summed E-state index contributed by atoms with van der Waals surface area (Å²) < 4.78 is 606. The third kappa shape index (κ3) is 15.4. The quantitative estimate of drug-likeness (QED) is 0.0808. The number of hydrogen-bond donors (Lipinski definition) is 1. The summed E-state index contributed by atoms with van der Waals surface area (Å²) in [6.45, 7) is 0. The molecular formula is C58H5AlF45NO2. The predicted molar refractivity (Wildman–Crippen MR) is 260 cm³/mol. The molecule has 0 bridgehead atoms. The van der Waals surface area contributed by atoms with Crippen LogP contribution in [-0.2, 0) is 3.80 Å². The molecule has 107 heavy (non-hydrogen) atoms. The van der Waals surface area contributed by atoms with E-state index in [1.54, 1.807) is 0 Å². The third-order valence-corrected chi connectivity index (χ3v) is 12.7. The zero-order valence-electron chi connectivity index (χ0n) is 48.2. The molecule has 1 heterocycles. The molecule has 10 rings (SSSR count). The van der Waals surface area contributed by atoms with E-state index in [-0.39, 0.29) is 0 Å². The molecule has 9 aromatic carbocycles. The van der Waals surface area contributed by atoms with E-state index in [1.807, 2.05) is 0 Å². The first-order valence-electron chi connectivity index (χ1n) is 25.2. The van der Waals surface area contributed by atoms with Gasteiger partial charge in [-0.05, 0) is 12.1 Å². The van der Waals surface area contributed by atoms with E-state index in [4.69, 9.17) is 7.96 Å². The maximum absolute atomic E-state index is 13.4. The van der Waals surface area contributed by atoms with E-state index in [0.29, 0.717) is 0 Å². The molecule has 1 aromatic heterocycles. The summed E-state index contributed by atoms with van der Waals surface area (Å²) in [5, 5.41) is 0. The monoisotopic (exact) mass is 1630 g/mol. The number of halogens is 45. The second kappa shape index (κ2) is 33.4. The van der Waals surface area contributed by atoms with Crippen LogP contribution in [0, 0.1) is 262 Å². The molecule has 0 spiro atoms. The zero-order chi connectivity index (χ0) is 82.3. The van der Waals surface area contributed by atoms with Crippen LogP contribution in [-0.4, -0.2) is 24.2 Å². The average molecular weight is 1630 g/mol. The van der Waals surface area contributed by atoms with Gasteiger partial charge in [-0.2, -0.15) is 0 Å². The van der Waals surface area contributed by atoms with Crippen molar-refractivity contribution < 1.29 is 206 Å². The fourth-order valence-corrected chi connectivity index (χ4v) is 7.90. The van der Waals surface area contributed by atoms with Crippen LogP contribution in [0.2, 0.25) is 0 Å². The summed E-state index contributed by atoms with van der Waals surface area (Å²) in [5.74, 6) is -116. The molecule has 0 amide bonds. The molecule has 0 aliphatic heterocycles. The molecular weight excluding hydrogens is 1620 g/mol. The van der Waals surface area contributed by atoms with E-state index in [9.17, 15) is 198 Å². The van der Waals surface area contributed by atoms with Crippen molar-refractivity contribution >= 4 is 15.5 Å². The Balaban J connectivity index is 0.000000238. The summed E-state index contributed by atoms with van der Waals surface area (Å²) in [7, 11) is 0. The minimum absolute atomic E-state index is 0.816. The Hall–Kier alpha value is -10.8. The Kier molecular flexibility index (Phi) is 27.1. The second-order valence-electron chi connectivity index (χ2n) is 18.7. The van der Waals surface area contributed by atoms with Gasteiger partial charge in [0.1, 0.15) is 5.69 Å². The molecule has 0 aliphatic rings. The van der Waals surface area contributed by atoms with Crippen molar-refractivity contribution in [2.75, 3.05) is 0 Å². The van der Waals surface area contributed by atoms with Gasteiger partial charge in [0.2, 0.25) is 52.4 Å². The molecule has 3 nitrogen and oxygen atoms in total. The van der Waals surface area contributed by atoms with Crippen LogP contribution in [0.4, 0.5) is 198 Å². The van der Waals surface area contributed by atoms with Crippen LogP contribution < -0.4 is 0 Å². The topological polar surface area (TPSA) is 42.2 Å². The number of nitrogens with zero attached hydrogens (tertiary/aromatic N) is 1. The van der Waals surface area contributed by atoms with Crippen molar-refractivity contribution in [2.24, 2.45) is 0 Å². The van der Waals surface area contributed by atoms with Gasteiger partial charge >= 0.3 is 23.4 Å². The van der Waals surface area contributed by atoms with Crippen LogP contribution in [0.15, 0.2) is 24.5 Å². The Morgan fingerprint density at radius 2 is 0.234 bits per heavy atom. The van der Waals surface area contributed by atoms with E-state index < -0.39 is 327 Å². The Morgan fingerprint density at radius 3 is 0.327 bits per heavy atom. The Morgan fingerprint density at radius 1 is 0.159 bits per heavy atom. The molecule has 0 unspecified atom stereocenters. The first-order chi connectivity index (χ1) is 49.4. The Labute approximate surface area is 561 Å². The van der Waals surface area contributed by atoms with Crippen molar-refractivity contribution in [3.63, 3.8) is 0 Å². The van der Waals surface area contributed by atoms with Gasteiger partial charge in [0.25, 0.3) is 0 Å². The standard InChI is InChI=1S/4C12F10.C10H4F5N.Al.H2O.O/c4*13-3-1(4(14)8(18)11(21)7(3)17)2-5(15)9(19)12(22)10(20)6(2)16;11-5-6(12)8(14)10(9(15)7(5)13)16-3-1-2-4-16;;;/h;;;;1-4H;;1H2;/q;;;;;+1;;/p-1. The van der Waals surface area contributed by atoms with Crippen molar-refractivity contribution in [1.82, 2.24) is 4.57 Å². The molecule has 0 aliphatic carbocycles. The molecule has 0 fully saturated rings. The molecule has 10 aromatic rings. The van der Waals surface area contributed by atoms with Gasteiger partial charge in [-0.1, -0.05) is 0 Å². The fourth-order valence-electron chi connectivity index (χ4n) is 7.90. The first kappa shape index (κ1) is 86.9. The van der Waals surface area contributed by atoms with Crippen LogP contribution >= 0.6 is 0 Å². The summed E-state index contributed by atoms with van der Waals surface area (Å²) in [4.78, 5) is 0. The van der Waals surface area contributed by atoms with Crippen molar-refractivity contribution in [3.05, 3.63) is 286 Å². The molecule has 1 N–H and O–H groups in total. The number of benzene rings is 9. The van der Waals surface area contributed by atoms with Gasteiger partial charge in [0, 0.05) is 12.4 Å². The predicted octanol–water partition coefficient (Wildman–Crippen LogP) is 21.1. The number of hydrogen-bond acceptors (Lipinski definition) is 1. The van der Waals surface area contributed by atoms with Crippen LogP contribution in [0.1, 0.15) is 0 Å². The summed E-state index contributed by atoms with van der Waals surface area (Å²) in [5.41, 5.74) is -19.1. The number of aromatic nitrogens is 1. The maximum atomic E-state index is 13.4. The van der Waals surface area contributed by atoms with Gasteiger partial charge in [-0.25, -0.2) is 198 Å². The van der Waals surface area contributed by atoms with Gasteiger partial charge in [0.05, 0.1) is 44.5 Å². The molecule has 0 atom stereocenters. The van der Waals surface area contributed by atoms with E-state index in [2.05, 4.69) is 0 Å². The molecule has 0 saturated heterocycles. The first-order valence-corrected chi connectivity index (χ1v) is 26.2. The fraction of sp³-hybridized carbons (Fsp3) is 0. The van der Waals surface area contributed by atoms with Gasteiger partial charge in [-0.3, -0.25) is 0 Å². The van der Waals surface area contributed by atoms with Crippen molar-refractivity contribution in [1.29, 1.82) is 0 Å². The van der Waals surface area contributed by atoms with Gasteiger partial charge < -0.3 is 4.57 Å². The van der Waals surface area contributed by atoms with Crippen LogP contribution in [0.5, 0.6) is 0 Å². The van der Waals surface area contributed by atoms with Gasteiger partial charge in [-0.15, -0.1) is 0 Å². The van der Waals surface area contributed by atoms with E-state index >= 15 is 0 Å². The minimum atomic E-state index is -2.68. The van der Waals surface area contributed by atoms with Crippen molar-refractivity contribution in [3.8, 4) is 50.2 Å². The second-order valence-corrected chi connectivity index (χ2v) is 18.9. The SMILES string of the molecule is Fc1c(F)c(F)c(-c2c(F)c(F)c(F)c(F)c2F)c(F)c1F.Fc1c(F)c(F)c(-c2c(F)c(F)c(F)c(F)c2F)c(F)c1F.Fc1c(F)c(F)c(-c2c(F)c(F)c(F)c(F)c2F)c(F)c1F.Fc1c(F)c(F)c(-c2c(F)c(F)c(F)c(F)c2F)c(F)c1F.Fc1c(F)c(F)c(-n2cccc2)c(F)c1F.[O]=[Al][OH]. The molecule has 0 saturated carbocycles. The molecule has 49 heteroatoms. The summed E-state index contributed by atoms with van der Waals surface area (Å²) in [6, 6.07) is 2.80. The zero-order valence-corrected chi connectivity index (χ0v) is 49.4. The average Bonchev–Trinajstić information content (AvgIpc) is 1.28. The van der Waals surface area contributed by atoms with Gasteiger partial charge in [0.15, 0.2) is 209 Å².